The van der Waals surface area contributed by atoms with E-state index in [1.807, 2.05) is 0 Å². The van der Waals surface area contributed by atoms with Crippen molar-refractivity contribution in [2.45, 2.75) is 25.9 Å². The lowest BCUT2D eigenvalue weighted by molar-refractivity contribution is -0.140. The number of ether oxygens (including phenoxy) is 1. The Hall–Kier alpha value is -1.29. The highest BCUT2D eigenvalue weighted by molar-refractivity contribution is 6.32. The van der Waals surface area contributed by atoms with E-state index in [0.29, 0.717) is 0 Å². The van der Waals surface area contributed by atoms with Crippen molar-refractivity contribution in [2.75, 3.05) is 0 Å². The Bertz CT molecular complexity index is 404. The number of carboxylic acid groups (broad SMARTS) is 1. The maximum atomic E-state index is 12.8. The average molecular weight is 247 g/mol. The van der Waals surface area contributed by atoms with Crippen molar-refractivity contribution in [3.8, 4) is 5.75 Å². The molecule has 0 spiro atoms. The summed E-state index contributed by atoms with van der Waals surface area (Å²) in [5.74, 6) is -1.16. The number of carboxylic acids is 1. The first-order valence-electron chi connectivity index (χ1n) is 4.66. The molecule has 0 saturated carbocycles. The molecule has 0 unspecified atom stereocenters. The van der Waals surface area contributed by atoms with Crippen molar-refractivity contribution in [3.05, 3.63) is 29.0 Å². The van der Waals surface area contributed by atoms with Crippen LogP contribution in [0, 0.1) is 5.82 Å². The van der Waals surface area contributed by atoms with E-state index in [2.05, 4.69) is 0 Å². The highest BCUT2D eigenvalue weighted by atomic mass is 35.5. The van der Waals surface area contributed by atoms with Gasteiger partial charge in [-0.05, 0) is 32.0 Å². The van der Waals surface area contributed by atoms with Gasteiger partial charge in [0.05, 0.1) is 11.4 Å². The van der Waals surface area contributed by atoms with E-state index in [4.69, 9.17) is 21.4 Å². The Morgan fingerprint density at radius 1 is 1.56 bits per heavy atom. The first kappa shape index (κ1) is 12.8. The van der Waals surface area contributed by atoms with Crippen LogP contribution in [0.25, 0.3) is 0 Å². The number of carbonyl (C=O) groups is 1. The van der Waals surface area contributed by atoms with Gasteiger partial charge in [0.15, 0.2) is 0 Å². The van der Waals surface area contributed by atoms with Crippen molar-refractivity contribution >= 4 is 17.6 Å². The molecule has 0 radical (unpaired) electrons. The Morgan fingerprint density at radius 3 is 2.69 bits per heavy atom. The first-order chi connectivity index (χ1) is 7.30. The lowest BCUT2D eigenvalue weighted by atomic mass is 10.1. The Kier molecular flexibility index (Phi) is 3.75. The SMILES string of the molecule is CC(C)(CC(=O)O)Oc1ccc(F)cc1Cl. The van der Waals surface area contributed by atoms with E-state index < -0.39 is 17.4 Å². The van der Waals surface area contributed by atoms with Gasteiger partial charge < -0.3 is 9.84 Å². The summed E-state index contributed by atoms with van der Waals surface area (Å²) in [5, 5.41) is 8.79. The molecule has 1 rings (SSSR count). The standard InChI is InChI=1S/C11H12ClFO3/c1-11(2,6-10(14)15)16-9-4-3-7(13)5-8(9)12/h3-5H,6H2,1-2H3,(H,14,15). The van der Waals surface area contributed by atoms with Gasteiger partial charge in [0.25, 0.3) is 0 Å². The van der Waals surface area contributed by atoms with Gasteiger partial charge in [0, 0.05) is 0 Å². The van der Waals surface area contributed by atoms with Crippen molar-refractivity contribution in [2.24, 2.45) is 0 Å². The van der Waals surface area contributed by atoms with Crippen LogP contribution < -0.4 is 4.74 Å². The predicted octanol–water partition coefficient (Wildman–Crippen LogP) is 3.11. The molecule has 16 heavy (non-hydrogen) atoms. The number of hydrogen-bond donors (Lipinski definition) is 1. The Morgan fingerprint density at radius 2 is 2.19 bits per heavy atom. The third kappa shape index (κ3) is 3.70. The molecule has 0 bridgehead atoms. The third-order valence-corrected chi connectivity index (χ3v) is 2.15. The van der Waals surface area contributed by atoms with Crippen LogP contribution in [-0.4, -0.2) is 16.7 Å². The molecule has 0 aromatic heterocycles. The van der Waals surface area contributed by atoms with Crippen molar-refractivity contribution in [1.82, 2.24) is 0 Å². The zero-order valence-electron chi connectivity index (χ0n) is 8.96. The largest absolute Gasteiger partial charge is 0.486 e. The van der Waals surface area contributed by atoms with E-state index in [9.17, 15) is 9.18 Å². The normalized spacial score (nSPS) is 11.2. The molecule has 1 aromatic rings. The lowest BCUT2D eigenvalue weighted by Gasteiger charge is -2.25. The van der Waals surface area contributed by atoms with E-state index in [0.717, 1.165) is 6.07 Å². The molecule has 1 aromatic carbocycles. The van der Waals surface area contributed by atoms with Crippen LogP contribution in [0.1, 0.15) is 20.3 Å². The number of rotatable bonds is 4. The summed E-state index contributed by atoms with van der Waals surface area (Å²) in [4.78, 5) is 10.6. The van der Waals surface area contributed by atoms with Gasteiger partial charge in [0.2, 0.25) is 0 Å². The minimum atomic E-state index is -0.969. The number of benzene rings is 1. The summed E-state index contributed by atoms with van der Waals surface area (Å²) in [5.41, 5.74) is -0.896. The summed E-state index contributed by atoms with van der Waals surface area (Å²) >= 11 is 5.76. The molecule has 5 heteroatoms. The van der Waals surface area contributed by atoms with Crippen LogP contribution in [0.4, 0.5) is 4.39 Å². The van der Waals surface area contributed by atoms with Crippen LogP contribution in [0.15, 0.2) is 18.2 Å². The molecule has 0 aliphatic carbocycles. The van der Waals surface area contributed by atoms with Gasteiger partial charge in [-0.1, -0.05) is 11.6 Å². The van der Waals surface area contributed by atoms with Gasteiger partial charge in [-0.2, -0.15) is 0 Å². The van der Waals surface area contributed by atoms with Gasteiger partial charge in [-0.15, -0.1) is 0 Å². The van der Waals surface area contributed by atoms with Gasteiger partial charge in [-0.25, -0.2) is 4.39 Å². The van der Waals surface area contributed by atoms with Crippen LogP contribution in [0.3, 0.4) is 0 Å². The van der Waals surface area contributed by atoms with Crippen molar-refractivity contribution < 1.29 is 19.0 Å². The smallest absolute Gasteiger partial charge is 0.307 e. The molecule has 88 valence electrons. The van der Waals surface area contributed by atoms with E-state index in [1.54, 1.807) is 13.8 Å². The third-order valence-electron chi connectivity index (χ3n) is 1.86. The summed E-state index contributed by atoms with van der Waals surface area (Å²) in [6, 6.07) is 3.70. The maximum absolute atomic E-state index is 12.8. The van der Waals surface area contributed by atoms with Crippen molar-refractivity contribution in [3.63, 3.8) is 0 Å². The summed E-state index contributed by atoms with van der Waals surface area (Å²) in [6.07, 6.45) is -0.166. The molecule has 0 fully saturated rings. The summed E-state index contributed by atoms with van der Waals surface area (Å²) < 4.78 is 18.2. The van der Waals surface area contributed by atoms with Crippen LogP contribution in [0.2, 0.25) is 5.02 Å². The zero-order valence-corrected chi connectivity index (χ0v) is 9.71. The van der Waals surface area contributed by atoms with E-state index in [-0.39, 0.29) is 17.2 Å². The molecule has 0 amide bonds. The molecule has 0 aliphatic heterocycles. The second-order valence-corrected chi connectivity index (χ2v) is 4.41. The topological polar surface area (TPSA) is 46.5 Å². The average Bonchev–Trinajstić information content (AvgIpc) is 2.07. The van der Waals surface area contributed by atoms with Gasteiger partial charge in [0.1, 0.15) is 17.2 Å². The van der Waals surface area contributed by atoms with E-state index >= 15 is 0 Å². The molecule has 1 N–H and O–H groups in total. The fourth-order valence-corrected chi connectivity index (χ4v) is 1.46. The minimum absolute atomic E-state index is 0.124. The molecule has 0 aliphatic rings. The lowest BCUT2D eigenvalue weighted by Crippen LogP contribution is -2.31. The molecule has 0 heterocycles. The van der Waals surface area contributed by atoms with E-state index in [1.165, 1.54) is 12.1 Å². The van der Waals surface area contributed by atoms with Crippen LogP contribution in [-0.2, 0) is 4.79 Å². The predicted molar refractivity (Wildman–Crippen MR) is 58.4 cm³/mol. The Labute approximate surface area is 97.8 Å². The monoisotopic (exact) mass is 246 g/mol. The van der Waals surface area contributed by atoms with Crippen LogP contribution >= 0.6 is 11.6 Å². The first-order valence-corrected chi connectivity index (χ1v) is 5.04. The second kappa shape index (κ2) is 4.70. The fourth-order valence-electron chi connectivity index (χ4n) is 1.26. The molecule has 0 atom stereocenters. The fraction of sp³-hybridized carbons (Fsp3) is 0.364. The number of halogens is 2. The summed E-state index contributed by atoms with van der Waals surface area (Å²) in [7, 11) is 0. The number of aliphatic carboxylic acids is 1. The van der Waals surface area contributed by atoms with Gasteiger partial charge >= 0.3 is 5.97 Å². The van der Waals surface area contributed by atoms with Gasteiger partial charge in [-0.3, -0.25) is 4.79 Å². The quantitative estimate of drug-likeness (QED) is 0.888. The minimum Gasteiger partial charge on any atom is -0.486 e. The number of hydrogen-bond acceptors (Lipinski definition) is 2. The Balaban J connectivity index is 2.83. The highest BCUT2D eigenvalue weighted by Gasteiger charge is 2.24. The molecular weight excluding hydrogens is 235 g/mol. The van der Waals surface area contributed by atoms with Crippen molar-refractivity contribution in [1.29, 1.82) is 0 Å². The summed E-state index contributed by atoms with van der Waals surface area (Å²) in [6.45, 7) is 3.25. The zero-order chi connectivity index (χ0) is 12.3. The van der Waals surface area contributed by atoms with Crippen LogP contribution in [0.5, 0.6) is 5.75 Å². The molecule has 0 saturated heterocycles. The maximum Gasteiger partial charge on any atom is 0.307 e. The highest BCUT2D eigenvalue weighted by Crippen LogP contribution is 2.29. The molecule has 3 nitrogen and oxygen atoms in total. The second-order valence-electron chi connectivity index (χ2n) is 4.01. The molecular formula is C11H12ClFO3.